The third-order valence-electron chi connectivity index (χ3n) is 1.37. The van der Waals surface area contributed by atoms with Crippen LogP contribution in [0.2, 0.25) is 0 Å². The summed E-state index contributed by atoms with van der Waals surface area (Å²) in [6.45, 7) is 0. The summed E-state index contributed by atoms with van der Waals surface area (Å²) in [4.78, 5) is 4.29. The van der Waals surface area contributed by atoms with Gasteiger partial charge in [0.1, 0.15) is 0 Å². The monoisotopic (exact) mass is 339 g/mol. The van der Waals surface area contributed by atoms with E-state index in [1.54, 1.807) is 0 Å². The van der Waals surface area contributed by atoms with Crippen molar-refractivity contribution >= 4 is 56.1 Å². The Balaban J connectivity index is 2.92. The fraction of sp³-hybridized carbons (Fsp3) is 0. The Kier molecular flexibility index (Phi) is 2.19. The van der Waals surface area contributed by atoms with Crippen LogP contribution in [0.25, 0.3) is 9.78 Å². The summed E-state index contributed by atoms with van der Waals surface area (Å²) in [5.74, 6) is 0. The predicted octanol–water partition coefficient (Wildman–Crippen LogP) is 2.82. The maximum absolute atomic E-state index is 4.29. The zero-order chi connectivity index (χ0) is 7.84. The van der Waals surface area contributed by atoms with Gasteiger partial charge in [0.05, 0.1) is 0 Å². The first kappa shape index (κ1) is 7.99. The number of aromatic nitrogens is 1. The van der Waals surface area contributed by atoms with Crippen LogP contribution in [0.3, 0.4) is 0 Å². The molecule has 0 fully saturated rings. The predicted molar refractivity (Wildman–Crippen MR) is 54.1 cm³/mol. The van der Waals surface area contributed by atoms with Crippen molar-refractivity contribution < 1.29 is 0 Å². The molecule has 0 radical (unpaired) electrons. The molecule has 2 aromatic heterocycles. The standard InChI is InChI=1S/C7H3Br2NSe/c8-5-4-2-1-3-10-7(4)11-6(5)9/h1-3H. The molecule has 1 nitrogen and oxygen atoms in total. The molecule has 0 aliphatic carbocycles. The molecular formula is C7H3Br2NSe. The number of rotatable bonds is 0. The second kappa shape index (κ2) is 3.02. The molecule has 0 spiro atoms. The SMILES string of the molecule is Brc1[se]c2ncccc2c1Br. The molecule has 0 amide bonds. The number of nitrogens with zero attached hydrogens (tertiary/aromatic N) is 1. The van der Waals surface area contributed by atoms with E-state index in [4.69, 9.17) is 0 Å². The van der Waals surface area contributed by atoms with E-state index in [0.29, 0.717) is 14.5 Å². The van der Waals surface area contributed by atoms with E-state index in [0.717, 1.165) is 0 Å². The van der Waals surface area contributed by atoms with E-state index in [9.17, 15) is 0 Å². The van der Waals surface area contributed by atoms with E-state index < -0.39 is 0 Å². The zero-order valence-electron chi connectivity index (χ0n) is 5.34. The van der Waals surface area contributed by atoms with Crippen LogP contribution in [0.5, 0.6) is 0 Å². The maximum atomic E-state index is 4.29. The molecule has 0 N–H and O–H groups in total. The summed E-state index contributed by atoms with van der Waals surface area (Å²) in [5.41, 5.74) is 0. The third kappa shape index (κ3) is 1.33. The number of halogens is 2. The number of hydrogen-bond donors (Lipinski definition) is 0. The molecule has 2 aromatic rings. The summed E-state index contributed by atoms with van der Waals surface area (Å²) in [7, 11) is 0. The molecule has 0 saturated carbocycles. The van der Waals surface area contributed by atoms with Gasteiger partial charge in [-0.15, -0.1) is 0 Å². The number of pyridine rings is 1. The molecule has 2 rings (SSSR count). The van der Waals surface area contributed by atoms with Crippen LogP contribution in [0.4, 0.5) is 0 Å². The fourth-order valence-corrected chi connectivity index (χ4v) is 4.52. The Morgan fingerprint density at radius 1 is 1.36 bits per heavy atom. The first-order valence-electron chi connectivity index (χ1n) is 2.97. The minimum atomic E-state index is 0.370. The van der Waals surface area contributed by atoms with Crippen LogP contribution in [0.15, 0.2) is 26.1 Å². The topological polar surface area (TPSA) is 12.9 Å². The molecule has 0 aliphatic heterocycles. The Bertz CT molecular complexity index is 396. The van der Waals surface area contributed by atoms with Crippen LogP contribution < -0.4 is 0 Å². The van der Waals surface area contributed by atoms with Crippen LogP contribution in [-0.4, -0.2) is 19.5 Å². The second-order valence-corrected chi connectivity index (χ2v) is 6.91. The number of fused-ring (bicyclic) bond motifs is 1. The molecule has 0 bridgehead atoms. The van der Waals surface area contributed by atoms with E-state index in [-0.39, 0.29) is 0 Å². The molecule has 2 heterocycles. The summed E-state index contributed by atoms with van der Waals surface area (Å²) >= 11 is 7.39. The second-order valence-electron chi connectivity index (χ2n) is 2.05. The van der Waals surface area contributed by atoms with Gasteiger partial charge in [0, 0.05) is 0 Å². The van der Waals surface area contributed by atoms with Gasteiger partial charge in [0.25, 0.3) is 0 Å². The van der Waals surface area contributed by atoms with Crippen molar-refractivity contribution in [3.05, 3.63) is 26.1 Å². The van der Waals surface area contributed by atoms with Crippen LogP contribution in [0, 0.1) is 0 Å². The molecule has 0 atom stereocenters. The first-order valence-corrected chi connectivity index (χ1v) is 6.27. The average Bonchev–Trinajstić information content (AvgIpc) is 2.30. The van der Waals surface area contributed by atoms with Crippen molar-refractivity contribution in [2.45, 2.75) is 0 Å². The van der Waals surface area contributed by atoms with Crippen molar-refractivity contribution in [2.24, 2.45) is 0 Å². The Morgan fingerprint density at radius 3 is 2.91 bits per heavy atom. The Hall–Kier alpha value is 0.369. The molecule has 0 aromatic carbocycles. The van der Waals surface area contributed by atoms with E-state index in [1.165, 1.54) is 17.6 Å². The summed E-state index contributed by atoms with van der Waals surface area (Å²) in [6.07, 6.45) is 1.84. The molecule has 4 heteroatoms. The molecule has 0 aliphatic rings. The van der Waals surface area contributed by atoms with Crippen molar-refractivity contribution in [3.63, 3.8) is 0 Å². The quantitative estimate of drug-likeness (QED) is 0.673. The van der Waals surface area contributed by atoms with Gasteiger partial charge in [0.2, 0.25) is 0 Å². The van der Waals surface area contributed by atoms with Crippen molar-refractivity contribution in [3.8, 4) is 0 Å². The number of hydrogen-bond acceptors (Lipinski definition) is 1. The van der Waals surface area contributed by atoms with Gasteiger partial charge in [-0.05, 0) is 0 Å². The van der Waals surface area contributed by atoms with Gasteiger partial charge < -0.3 is 0 Å². The van der Waals surface area contributed by atoms with E-state index in [1.807, 2.05) is 12.3 Å². The van der Waals surface area contributed by atoms with Gasteiger partial charge in [-0.25, -0.2) is 0 Å². The first-order chi connectivity index (χ1) is 5.29. The van der Waals surface area contributed by atoms with Gasteiger partial charge in [-0.3, -0.25) is 0 Å². The Morgan fingerprint density at radius 2 is 2.18 bits per heavy atom. The van der Waals surface area contributed by atoms with E-state index in [2.05, 4.69) is 42.9 Å². The Labute approximate surface area is 86.8 Å². The summed E-state index contributed by atoms with van der Waals surface area (Å²) in [5, 5.41) is 1.24. The molecule has 11 heavy (non-hydrogen) atoms. The summed E-state index contributed by atoms with van der Waals surface area (Å²) in [6, 6.07) is 4.05. The van der Waals surface area contributed by atoms with Crippen molar-refractivity contribution in [1.82, 2.24) is 4.98 Å². The fourth-order valence-electron chi connectivity index (χ4n) is 0.875. The zero-order valence-corrected chi connectivity index (χ0v) is 10.2. The average molecular weight is 340 g/mol. The minimum absolute atomic E-state index is 0.370. The van der Waals surface area contributed by atoms with E-state index >= 15 is 0 Å². The molecular weight excluding hydrogens is 337 g/mol. The van der Waals surface area contributed by atoms with Crippen LogP contribution in [0.1, 0.15) is 0 Å². The van der Waals surface area contributed by atoms with Crippen molar-refractivity contribution in [1.29, 1.82) is 0 Å². The molecule has 0 saturated heterocycles. The van der Waals surface area contributed by atoms with Crippen LogP contribution >= 0.6 is 31.9 Å². The van der Waals surface area contributed by atoms with Gasteiger partial charge in [-0.1, -0.05) is 0 Å². The third-order valence-corrected chi connectivity index (χ3v) is 6.44. The van der Waals surface area contributed by atoms with Gasteiger partial charge in [0.15, 0.2) is 0 Å². The van der Waals surface area contributed by atoms with Gasteiger partial charge >= 0.3 is 87.3 Å². The summed E-state index contributed by atoms with van der Waals surface area (Å²) < 4.78 is 3.62. The molecule has 56 valence electrons. The molecule has 0 unspecified atom stereocenters. The normalized spacial score (nSPS) is 10.7. The van der Waals surface area contributed by atoms with Gasteiger partial charge in [-0.2, -0.15) is 0 Å². The van der Waals surface area contributed by atoms with Crippen molar-refractivity contribution in [2.75, 3.05) is 0 Å². The van der Waals surface area contributed by atoms with Crippen LogP contribution in [-0.2, 0) is 0 Å².